The van der Waals surface area contributed by atoms with Gasteiger partial charge in [-0.15, -0.1) is 0 Å². The van der Waals surface area contributed by atoms with E-state index in [1.807, 2.05) is 36.4 Å². The summed E-state index contributed by atoms with van der Waals surface area (Å²) in [7, 11) is 0. The molecule has 0 heterocycles. The number of hydrogen-bond acceptors (Lipinski definition) is 2. The maximum absolute atomic E-state index is 12.2. The first-order valence-electron chi connectivity index (χ1n) is 8.32. The Balaban J connectivity index is 1.63. The first kappa shape index (κ1) is 18.4. The van der Waals surface area contributed by atoms with Crippen LogP contribution in [0.2, 0.25) is 5.02 Å². The summed E-state index contributed by atoms with van der Waals surface area (Å²) in [5, 5.41) is 5.84. The highest BCUT2D eigenvalue weighted by molar-refractivity contribution is 6.34. The molecular formula is C22H17ClN2O2. The van der Waals surface area contributed by atoms with Gasteiger partial charge in [0.15, 0.2) is 0 Å². The average molecular weight is 377 g/mol. The number of carbonyl (C=O) groups is 2. The van der Waals surface area contributed by atoms with Crippen LogP contribution in [-0.4, -0.2) is 11.8 Å². The van der Waals surface area contributed by atoms with Gasteiger partial charge in [-0.3, -0.25) is 9.59 Å². The molecule has 0 unspecified atom stereocenters. The van der Waals surface area contributed by atoms with Crippen LogP contribution in [0, 0.1) is 0 Å². The van der Waals surface area contributed by atoms with Gasteiger partial charge in [0.1, 0.15) is 0 Å². The Bertz CT molecular complexity index is 970. The van der Waals surface area contributed by atoms with E-state index in [4.69, 9.17) is 11.6 Å². The first-order valence-corrected chi connectivity index (χ1v) is 8.70. The fourth-order valence-electron chi connectivity index (χ4n) is 2.40. The average Bonchev–Trinajstić information content (AvgIpc) is 2.70. The fourth-order valence-corrected chi connectivity index (χ4v) is 2.63. The van der Waals surface area contributed by atoms with Crippen molar-refractivity contribution in [3.05, 3.63) is 101 Å². The van der Waals surface area contributed by atoms with Crippen LogP contribution in [-0.2, 0) is 4.79 Å². The lowest BCUT2D eigenvalue weighted by molar-refractivity contribution is -0.111. The fraction of sp³-hybridized carbons (Fsp3) is 0. The van der Waals surface area contributed by atoms with Crippen molar-refractivity contribution in [1.82, 2.24) is 0 Å². The standard InChI is InChI=1S/C22H17ClN2O2/c23-19-15-18(24-21(26)14-11-16-7-3-1-4-8-16)12-13-20(19)25-22(27)17-9-5-2-6-10-17/h1-15H,(H,24,26)(H,25,27)/b14-11+. The topological polar surface area (TPSA) is 58.2 Å². The molecule has 0 atom stereocenters. The molecule has 3 aromatic rings. The van der Waals surface area contributed by atoms with Crippen molar-refractivity contribution in [3.63, 3.8) is 0 Å². The second kappa shape index (κ2) is 8.83. The molecular weight excluding hydrogens is 360 g/mol. The van der Waals surface area contributed by atoms with Crippen LogP contribution in [0.25, 0.3) is 6.08 Å². The van der Waals surface area contributed by atoms with Crippen molar-refractivity contribution in [2.45, 2.75) is 0 Å². The third-order valence-electron chi connectivity index (χ3n) is 3.75. The van der Waals surface area contributed by atoms with Crippen LogP contribution in [0.1, 0.15) is 15.9 Å². The third kappa shape index (κ3) is 5.30. The Morgan fingerprint density at radius 2 is 1.48 bits per heavy atom. The van der Waals surface area contributed by atoms with Crippen molar-refractivity contribution in [2.24, 2.45) is 0 Å². The number of carbonyl (C=O) groups excluding carboxylic acids is 2. The van der Waals surface area contributed by atoms with E-state index in [9.17, 15) is 9.59 Å². The van der Waals surface area contributed by atoms with E-state index in [1.54, 1.807) is 48.5 Å². The highest BCUT2D eigenvalue weighted by atomic mass is 35.5. The van der Waals surface area contributed by atoms with Crippen LogP contribution in [0.5, 0.6) is 0 Å². The van der Waals surface area contributed by atoms with Gasteiger partial charge in [0, 0.05) is 17.3 Å². The van der Waals surface area contributed by atoms with Crippen LogP contribution < -0.4 is 10.6 Å². The summed E-state index contributed by atoms with van der Waals surface area (Å²) < 4.78 is 0. The van der Waals surface area contributed by atoms with Crippen LogP contribution in [0.15, 0.2) is 84.9 Å². The summed E-state index contributed by atoms with van der Waals surface area (Å²) >= 11 is 6.23. The Labute approximate surface area is 162 Å². The summed E-state index contributed by atoms with van der Waals surface area (Å²) in [6.07, 6.45) is 3.18. The van der Waals surface area contributed by atoms with Gasteiger partial charge in [0.25, 0.3) is 5.91 Å². The Kier molecular flexibility index (Phi) is 6.02. The summed E-state index contributed by atoms with van der Waals surface area (Å²) in [5.74, 6) is -0.518. The minimum atomic E-state index is -0.268. The molecule has 4 nitrogen and oxygen atoms in total. The zero-order chi connectivity index (χ0) is 19.1. The Morgan fingerprint density at radius 1 is 0.815 bits per heavy atom. The molecule has 0 bridgehead atoms. The van der Waals surface area contributed by atoms with Gasteiger partial charge < -0.3 is 10.6 Å². The molecule has 0 fully saturated rings. The van der Waals surface area contributed by atoms with Crippen molar-refractivity contribution in [3.8, 4) is 0 Å². The lowest BCUT2D eigenvalue weighted by atomic mass is 10.2. The maximum Gasteiger partial charge on any atom is 0.255 e. The second-order valence-corrected chi connectivity index (χ2v) is 6.16. The highest BCUT2D eigenvalue weighted by Gasteiger charge is 2.09. The van der Waals surface area contributed by atoms with Gasteiger partial charge in [0.05, 0.1) is 10.7 Å². The predicted octanol–water partition coefficient (Wildman–Crippen LogP) is 5.24. The normalized spacial score (nSPS) is 10.6. The van der Waals surface area contributed by atoms with Gasteiger partial charge in [-0.25, -0.2) is 0 Å². The van der Waals surface area contributed by atoms with E-state index in [0.717, 1.165) is 5.56 Å². The van der Waals surface area contributed by atoms with E-state index in [-0.39, 0.29) is 11.8 Å². The molecule has 0 saturated carbocycles. The monoisotopic (exact) mass is 376 g/mol. The third-order valence-corrected chi connectivity index (χ3v) is 4.06. The quantitative estimate of drug-likeness (QED) is 0.598. The summed E-state index contributed by atoms with van der Waals surface area (Å²) in [6.45, 7) is 0. The Hall–Kier alpha value is -3.37. The second-order valence-electron chi connectivity index (χ2n) is 5.75. The van der Waals surface area contributed by atoms with E-state index < -0.39 is 0 Å². The summed E-state index contributed by atoms with van der Waals surface area (Å²) in [6, 6.07) is 23.3. The van der Waals surface area contributed by atoms with Crippen molar-refractivity contribution >= 4 is 40.9 Å². The number of amides is 2. The molecule has 0 saturated heterocycles. The van der Waals surface area contributed by atoms with Crippen molar-refractivity contribution in [1.29, 1.82) is 0 Å². The molecule has 2 amide bonds. The first-order chi connectivity index (χ1) is 13.1. The molecule has 3 rings (SSSR count). The smallest absolute Gasteiger partial charge is 0.255 e. The van der Waals surface area contributed by atoms with Gasteiger partial charge in [-0.2, -0.15) is 0 Å². The molecule has 134 valence electrons. The summed E-state index contributed by atoms with van der Waals surface area (Å²) in [5.41, 5.74) is 2.49. The van der Waals surface area contributed by atoms with Crippen molar-refractivity contribution in [2.75, 3.05) is 10.6 Å². The van der Waals surface area contributed by atoms with Gasteiger partial charge in [-0.05, 0) is 42.0 Å². The van der Waals surface area contributed by atoms with E-state index in [0.29, 0.717) is 22.0 Å². The number of rotatable bonds is 5. The summed E-state index contributed by atoms with van der Waals surface area (Å²) in [4.78, 5) is 24.2. The van der Waals surface area contributed by atoms with E-state index in [2.05, 4.69) is 10.6 Å². The highest BCUT2D eigenvalue weighted by Crippen LogP contribution is 2.26. The molecule has 5 heteroatoms. The predicted molar refractivity (Wildman–Crippen MR) is 110 cm³/mol. The number of hydrogen-bond donors (Lipinski definition) is 2. The van der Waals surface area contributed by atoms with Crippen LogP contribution >= 0.6 is 11.6 Å². The largest absolute Gasteiger partial charge is 0.322 e. The van der Waals surface area contributed by atoms with Crippen LogP contribution in [0.3, 0.4) is 0 Å². The lowest BCUT2D eigenvalue weighted by Gasteiger charge is -2.09. The van der Waals surface area contributed by atoms with Gasteiger partial charge in [0.2, 0.25) is 5.91 Å². The molecule has 0 aliphatic heterocycles. The molecule has 27 heavy (non-hydrogen) atoms. The maximum atomic E-state index is 12.2. The Morgan fingerprint density at radius 3 is 2.15 bits per heavy atom. The molecule has 3 aromatic carbocycles. The number of halogens is 1. The minimum absolute atomic E-state index is 0.250. The molecule has 0 aromatic heterocycles. The zero-order valence-electron chi connectivity index (χ0n) is 14.4. The van der Waals surface area contributed by atoms with Gasteiger partial charge >= 0.3 is 0 Å². The molecule has 0 radical (unpaired) electrons. The molecule has 0 aliphatic carbocycles. The van der Waals surface area contributed by atoms with E-state index in [1.165, 1.54) is 6.08 Å². The number of nitrogens with one attached hydrogen (secondary N) is 2. The number of benzene rings is 3. The van der Waals surface area contributed by atoms with Gasteiger partial charge in [-0.1, -0.05) is 60.1 Å². The zero-order valence-corrected chi connectivity index (χ0v) is 15.1. The van der Waals surface area contributed by atoms with Crippen molar-refractivity contribution < 1.29 is 9.59 Å². The molecule has 2 N–H and O–H groups in total. The number of anilines is 2. The molecule has 0 aliphatic rings. The van der Waals surface area contributed by atoms with Crippen LogP contribution in [0.4, 0.5) is 11.4 Å². The minimum Gasteiger partial charge on any atom is -0.322 e. The molecule has 0 spiro atoms. The SMILES string of the molecule is O=C(/C=C/c1ccccc1)Nc1ccc(NC(=O)c2ccccc2)c(Cl)c1. The van der Waals surface area contributed by atoms with E-state index >= 15 is 0 Å². The lowest BCUT2D eigenvalue weighted by Crippen LogP contribution is -2.12.